The van der Waals surface area contributed by atoms with Gasteiger partial charge < -0.3 is 10.4 Å². The van der Waals surface area contributed by atoms with Crippen LogP contribution in [0.3, 0.4) is 0 Å². The highest BCUT2D eigenvalue weighted by atomic mass is 16.3. The Labute approximate surface area is 157 Å². The molecule has 2 aliphatic carbocycles. The third kappa shape index (κ3) is 2.66. The van der Waals surface area contributed by atoms with E-state index in [-0.39, 0.29) is 5.92 Å². The molecule has 0 bridgehead atoms. The summed E-state index contributed by atoms with van der Waals surface area (Å²) in [6, 6.07) is 13.2. The van der Waals surface area contributed by atoms with Gasteiger partial charge in [-0.05, 0) is 61.8 Å². The first-order valence-corrected chi connectivity index (χ1v) is 10.3. The number of aromatic hydroxyl groups is 1. The highest BCUT2D eigenvalue weighted by Gasteiger charge is 2.44. The van der Waals surface area contributed by atoms with Gasteiger partial charge in [-0.15, -0.1) is 0 Å². The number of fused-ring (bicyclic) bond motifs is 3. The predicted octanol–water partition coefficient (Wildman–Crippen LogP) is 5.79. The van der Waals surface area contributed by atoms with E-state index in [0.29, 0.717) is 23.6 Å². The van der Waals surface area contributed by atoms with Crippen molar-refractivity contribution in [2.75, 3.05) is 7.05 Å². The number of phenolic OH excluding ortho intramolecular Hbond substituents is 1. The van der Waals surface area contributed by atoms with Crippen LogP contribution in [0.4, 0.5) is 0 Å². The fourth-order valence-electron chi connectivity index (χ4n) is 5.76. The predicted molar refractivity (Wildman–Crippen MR) is 108 cm³/mol. The van der Waals surface area contributed by atoms with Gasteiger partial charge in [0.2, 0.25) is 0 Å². The summed E-state index contributed by atoms with van der Waals surface area (Å²) in [5.41, 5.74) is 6.42. The highest BCUT2D eigenvalue weighted by molar-refractivity contribution is 5.58. The molecule has 26 heavy (non-hydrogen) atoms. The number of phenols is 1. The minimum absolute atomic E-state index is 0.250. The largest absolute Gasteiger partial charge is 0.507 e. The Hall–Kier alpha value is -1.80. The molecule has 4 rings (SSSR count). The van der Waals surface area contributed by atoms with E-state index < -0.39 is 0 Å². The molecule has 1 fully saturated rings. The van der Waals surface area contributed by atoms with Crippen molar-refractivity contribution < 1.29 is 5.11 Å². The second kappa shape index (κ2) is 7.08. The van der Waals surface area contributed by atoms with E-state index in [1.54, 1.807) is 0 Å². The highest BCUT2D eigenvalue weighted by Crippen LogP contribution is 2.57. The molecule has 4 unspecified atom stereocenters. The molecule has 2 N–H and O–H groups in total. The van der Waals surface area contributed by atoms with Gasteiger partial charge in [-0.1, -0.05) is 56.2 Å². The molecule has 0 aromatic heterocycles. The standard InChI is InChI=1S/C24H31NO/c1-4-17(16-10-6-5-7-11-16)20-14-15(2)21-18-12-8-9-13-19(18)23(25-3)22(21)24(20)26/h5-7,10-11,14,17-19,23,25-26H,4,8-9,12-13H2,1-3H3. The van der Waals surface area contributed by atoms with Gasteiger partial charge in [0, 0.05) is 23.1 Å². The number of nitrogens with one attached hydrogen (secondary N) is 1. The van der Waals surface area contributed by atoms with Gasteiger partial charge in [-0.2, -0.15) is 0 Å². The SMILES string of the molecule is CCC(c1ccccc1)c1cc(C)c2c(c1O)C(NC)C1CCCCC21. The van der Waals surface area contributed by atoms with E-state index in [1.165, 1.54) is 47.9 Å². The summed E-state index contributed by atoms with van der Waals surface area (Å²) in [5, 5.41) is 15.0. The Bertz CT molecular complexity index is 783. The summed E-state index contributed by atoms with van der Waals surface area (Å²) in [4.78, 5) is 0. The van der Waals surface area contributed by atoms with Gasteiger partial charge >= 0.3 is 0 Å². The van der Waals surface area contributed by atoms with Crippen molar-refractivity contribution in [3.05, 3.63) is 64.2 Å². The van der Waals surface area contributed by atoms with E-state index in [2.05, 4.69) is 62.6 Å². The van der Waals surface area contributed by atoms with Crippen molar-refractivity contribution in [3.63, 3.8) is 0 Å². The van der Waals surface area contributed by atoms with Crippen LogP contribution >= 0.6 is 0 Å². The molecule has 2 aromatic rings. The normalized spacial score (nSPS) is 25.6. The Morgan fingerprint density at radius 3 is 2.54 bits per heavy atom. The van der Waals surface area contributed by atoms with Crippen molar-refractivity contribution in [3.8, 4) is 5.75 Å². The van der Waals surface area contributed by atoms with Crippen LogP contribution in [-0.2, 0) is 0 Å². The van der Waals surface area contributed by atoms with Gasteiger partial charge in [0.25, 0.3) is 0 Å². The summed E-state index contributed by atoms with van der Waals surface area (Å²) in [6.07, 6.45) is 6.18. The maximum atomic E-state index is 11.4. The molecular weight excluding hydrogens is 318 g/mol. The van der Waals surface area contributed by atoms with Crippen LogP contribution in [0.2, 0.25) is 0 Å². The topological polar surface area (TPSA) is 32.3 Å². The molecule has 0 radical (unpaired) electrons. The van der Waals surface area contributed by atoms with Crippen LogP contribution in [0.1, 0.15) is 84.7 Å². The molecule has 0 heterocycles. The molecule has 0 amide bonds. The number of benzene rings is 2. The van der Waals surface area contributed by atoms with Gasteiger partial charge in [0.05, 0.1) is 0 Å². The van der Waals surface area contributed by atoms with E-state index in [4.69, 9.17) is 0 Å². The summed E-state index contributed by atoms with van der Waals surface area (Å²) in [6.45, 7) is 4.47. The third-order valence-corrected chi connectivity index (χ3v) is 6.84. The van der Waals surface area contributed by atoms with Crippen LogP contribution in [-0.4, -0.2) is 12.2 Å². The molecule has 138 valence electrons. The van der Waals surface area contributed by atoms with Crippen LogP contribution in [0.15, 0.2) is 36.4 Å². The Balaban J connectivity index is 1.86. The first-order chi connectivity index (χ1) is 12.7. The Morgan fingerprint density at radius 1 is 1.12 bits per heavy atom. The maximum absolute atomic E-state index is 11.4. The average molecular weight is 350 g/mol. The van der Waals surface area contributed by atoms with Gasteiger partial charge in [0.1, 0.15) is 5.75 Å². The lowest BCUT2D eigenvalue weighted by molar-refractivity contribution is 0.269. The lowest BCUT2D eigenvalue weighted by Crippen LogP contribution is -2.25. The molecule has 0 aliphatic heterocycles. The third-order valence-electron chi connectivity index (χ3n) is 6.84. The second-order valence-electron chi connectivity index (χ2n) is 8.15. The lowest BCUT2D eigenvalue weighted by atomic mass is 9.77. The first-order valence-electron chi connectivity index (χ1n) is 10.3. The van der Waals surface area contributed by atoms with Crippen LogP contribution in [0.25, 0.3) is 0 Å². The van der Waals surface area contributed by atoms with Crippen LogP contribution in [0, 0.1) is 12.8 Å². The monoisotopic (exact) mass is 349 g/mol. The zero-order valence-corrected chi connectivity index (χ0v) is 16.3. The van der Waals surface area contributed by atoms with Crippen LogP contribution < -0.4 is 5.32 Å². The summed E-state index contributed by atoms with van der Waals surface area (Å²) >= 11 is 0. The zero-order valence-electron chi connectivity index (χ0n) is 16.3. The van der Waals surface area contributed by atoms with E-state index in [1.807, 2.05) is 0 Å². The number of hydrogen-bond donors (Lipinski definition) is 2. The van der Waals surface area contributed by atoms with Crippen molar-refractivity contribution in [1.29, 1.82) is 0 Å². The van der Waals surface area contributed by atoms with E-state index in [9.17, 15) is 5.11 Å². The Morgan fingerprint density at radius 2 is 1.85 bits per heavy atom. The molecule has 0 saturated heterocycles. The molecule has 2 aliphatic rings. The van der Waals surface area contributed by atoms with Crippen molar-refractivity contribution >= 4 is 0 Å². The molecular formula is C24H31NO. The molecule has 2 heteroatoms. The van der Waals surface area contributed by atoms with Gasteiger partial charge in [-0.25, -0.2) is 0 Å². The molecule has 4 atom stereocenters. The van der Waals surface area contributed by atoms with Crippen LogP contribution in [0.5, 0.6) is 5.75 Å². The summed E-state index contributed by atoms with van der Waals surface area (Å²) in [5.74, 6) is 2.06. The van der Waals surface area contributed by atoms with E-state index >= 15 is 0 Å². The molecule has 0 spiro atoms. The Kier molecular flexibility index (Phi) is 4.79. The van der Waals surface area contributed by atoms with Gasteiger partial charge in [-0.3, -0.25) is 0 Å². The fourth-order valence-corrected chi connectivity index (χ4v) is 5.76. The number of rotatable bonds is 4. The lowest BCUT2D eigenvalue weighted by Gasteiger charge is -2.29. The van der Waals surface area contributed by atoms with Gasteiger partial charge in [0.15, 0.2) is 0 Å². The maximum Gasteiger partial charge on any atom is 0.124 e. The number of hydrogen-bond acceptors (Lipinski definition) is 2. The minimum atomic E-state index is 0.250. The van der Waals surface area contributed by atoms with E-state index in [0.717, 1.165) is 12.0 Å². The first kappa shape index (κ1) is 17.6. The smallest absolute Gasteiger partial charge is 0.124 e. The van der Waals surface area contributed by atoms with Crippen molar-refractivity contribution in [2.45, 2.75) is 63.8 Å². The summed E-state index contributed by atoms with van der Waals surface area (Å²) < 4.78 is 0. The fraction of sp³-hybridized carbons (Fsp3) is 0.500. The minimum Gasteiger partial charge on any atom is -0.507 e. The van der Waals surface area contributed by atoms with Crippen molar-refractivity contribution in [1.82, 2.24) is 5.32 Å². The number of aryl methyl sites for hydroxylation is 1. The second-order valence-corrected chi connectivity index (χ2v) is 8.15. The molecule has 1 saturated carbocycles. The quantitative estimate of drug-likeness (QED) is 0.732. The van der Waals surface area contributed by atoms with Crippen molar-refractivity contribution in [2.24, 2.45) is 5.92 Å². The summed E-state index contributed by atoms with van der Waals surface area (Å²) in [7, 11) is 2.06. The molecule has 2 aromatic carbocycles. The zero-order chi connectivity index (χ0) is 18.3. The average Bonchev–Trinajstić information content (AvgIpc) is 3.02. The molecule has 2 nitrogen and oxygen atoms in total.